The molecule has 1 fully saturated rings. The molecule has 1 aromatic heterocycles. The number of nitrogens with zero attached hydrogens (tertiary/aromatic N) is 2. The number of carbonyl (C=O) groups is 1. The van der Waals surface area contributed by atoms with Crippen LogP contribution >= 0.6 is 12.4 Å². The van der Waals surface area contributed by atoms with E-state index in [9.17, 15) is 4.79 Å². The Morgan fingerprint density at radius 3 is 2.86 bits per heavy atom. The van der Waals surface area contributed by atoms with Gasteiger partial charge in [0.25, 0.3) is 0 Å². The Morgan fingerprint density at radius 1 is 1.38 bits per heavy atom. The van der Waals surface area contributed by atoms with E-state index in [1.165, 1.54) is 0 Å². The number of nitrogens with one attached hydrogen (secondary N) is 2. The van der Waals surface area contributed by atoms with Crippen molar-refractivity contribution in [1.82, 2.24) is 15.1 Å². The van der Waals surface area contributed by atoms with E-state index >= 15 is 0 Å². The number of carbonyl (C=O) groups excluding carboxylic acids is 1. The van der Waals surface area contributed by atoms with Crippen LogP contribution in [0.2, 0.25) is 0 Å². The second kappa shape index (κ2) is 6.74. The van der Waals surface area contributed by atoms with Crippen LogP contribution in [0.1, 0.15) is 12.1 Å². The van der Waals surface area contributed by atoms with Crippen molar-refractivity contribution in [1.29, 1.82) is 0 Å². The number of para-hydroxylation sites is 2. The first-order valence-corrected chi connectivity index (χ1v) is 6.87. The molecule has 0 saturated carbocycles. The molecule has 5 nitrogen and oxygen atoms in total. The number of aryl methyl sites for hydroxylation is 1. The van der Waals surface area contributed by atoms with Gasteiger partial charge in [-0.05, 0) is 38.1 Å². The Bertz CT molecular complexity index is 620. The van der Waals surface area contributed by atoms with E-state index in [1.807, 2.05) is 43.5 Å². The summed E-state index contributed by atoms with van der Waals surface area (Å²) in [5.74, 6) is 0.133. The molecule has 1 saturated heterocycles. The third-order valence-corrected chi connectivity index (χ3v) is 3.56. The molecule has 1 amide bonds. The number of halogens is 1. The molecule has 3 rings (SSSR count). The van der Waals surface area contributed by atoms with Gasteiger partial charge in [-0.25, -0.2) is 4.68 Å². The van der Waals surface area contributed by atoms with Crippen LogP contribution in [0.5, 0.6) is 0 Å². The van der Waals surface area contributed by atoms with E-state index < -0.39 is 0 Å². The first-order chi connectivity index (χ1) is 9.74. The molecule has 21 heavy (non-hydrogen) atoms. The van der Waals surface area contributed by atoms with E-state index in [-0.39, 0.29) is 24.2 Å². The number of benzene rings is 1. The predicted molar refractivity (Wildman–Crippen MR) is 85.2 cm³/mol. The Morgan fingerprint density at radius 2 is 2.19 bits per heavy atom. The van der Waals surface area contributed by atoms with Crippen molar-refractivity contribution in [3.63, 3.8) is 0 Å². The minimum atomic E-state index is 0. The Kier molecular flexibility index (Phi) is 4.98. The first kappa shape index (κ1) is 15.5. The standard InChI is InChI=1S/C15H18N4O.ClH/c1-11-7-9-19(18-11)14-5-3-2-4-13(14)17-15(20)12-6-8-16-10-12;/h2-5,7,9,12,16H,6,8,10H2,1H3,(H,17,20);1H. The van der Waals surface area contributed by atoms with E-state index in [4.69, 9.17) is 0 Å². The summed E-state index contributed by atoms with van der Waals surface area (Å²) in [5.41, 5.74) is 2.64. The molecule has 2 N–H and O–H groups in total. The number of rotatable bonds is 3. The SMILES string of the molecule is Cc1ccn(-c2ccccc2NC(=O)C2CCNC2)n1.Cl. The van der Waals surface area contributed by atoms with E-state index in [0.717, 1.165) is 36.6 Å². The van der Waals surface area contributed by atoms with Crippen molar-refractivity contribution in [2.24, 2.45) is 5.92 Å². The molecule has 2 aromatic rings. The minimum absolute atomic E-state index is 0. The average Bonchev–Trinajstić information content (AvgIpc) is 3.10. The van der Waals surface area contributed by atoms with Gasteiger partial charge in [-0.3, -0.25) is 4.79 Å². The minimum Gasteiger partial charge on any atom is -0.324 e. The zero-order chi connectivity index (χ0) is 13.9. The molecule has 1 aromatic carbocycles. The van der Waals surface area contributed by atoms with Crippen molar-refractivity contribution in [2.75, 3.05) is 18.4 Å². The van der Waals surface area contributed by atoms with Crippen LogP contribution in [-0.4, -0.2) is 28.8 Å². The van der Waals surface area contributed by atoms with Crippen LogP contribution < -0.4 is 10.6 Å². The van der Waals surface area contributed by atoms with Gasteiger partial charge < -0.3 is 10.6 Å². The summed E-state index contributed by atoms with van der Waals surface area (Å²) in [6.07, 6.45) is 2.80. The summed E-state index contributed by atoms with van der Waals surface area (Å²) in [6, 6.07) is 9.67. The lowest BCUT2D eigenvalue weighted by Crippen LogP contribution is -2.25. The Hall–Kier alpha value is -1.85. The molecule has 0 spiro atoms. The smallest absolute Gasteiger partial charge is 0.228 e. The fourth-order valence-corrected chi connectivity index (χ4v) is 2.44. The molecule has 112 valence electrons. The molecule has 1 aliphatic heterocycles. The highest BCUT2D eigenvalue weighted by molar-refractivity contribution is 5.94. The molecule has 1 aliphatic rings. The van der Waals surface area contributed by atoms with Crippen molar-refractivity contribution in [3.8, 4) is 5.69 Å². The van der Waals surface area contributed by atoms with Crippen LogP contribution in [0, 0.1) is 12.8 Å². The molecule has 0 radical (unpaired) electrons. The largest absolute Gasteiger partial charge is 0.324 e. The van der Waals surface area contributed by atoms with Crippen molar-refractivity contribution >= 4 is 24.0 Å². The highest BCUT2D eigenvalue weighted by atomic mass is 35.5. The summed E-state index contributed by atoms with van der Waals surface area (Å²) in [6.45, 7) is 3.62. The molecule has 1 unspecified atom stereocenters. The molecule has 6 heteroatoms. The van der Waals surface area contributed by atoms with Gasteiger partial charge in [0.2, 0.25) is 5.91 Å². The molecule has 0 bridgehead atoms. The van der Waals surface area contributed by atoms with E-state index in [2.05, 4.69) is 15.7 Å². The first-order valence-electron chi connectivity index (χ1n) is 6.87. The quantitative estimate of drug-likeness (QED) is 0.913. The van der Waals surface area contributed by atoms with Crippen LogP contribution in [0.4, 0.5) is 5.69 Å². The van der Waals surface area contributed by atoms with Crippen molar-refractivity contribution in [2.45, 2.75) is 13.3 Å². The molecule has 0 aliphatic carbocycles. The fraction of sp³-hybridized carbons (Fsp3) is 0.333. The van der Waals surface area contributed by atoms with Crippen LogP contribution in [0.15, 0.2) is 36.5 Å². The van der Waals surface area contributed by atoms with Gasteiger partial charge in [-0.2, -0.15) is 5.10 Å². The third-order valence-electron chi connectivity index (χ3n) is 3.56. The van der Waals surface area contributed by atoms with Crippen molar-refractivity contribution < 1.29 is 4.79 Å². The Balaban J connectivity index is 0.00000161. The number of anilines is 1. The monoisotopic (exact) mass is 306 g/mol. The number of amides is 1. The lowest BCUT2D eigenvalue weighted by atomic mass is 10.1. The van der Waals surface area contributed by atoms with Crippen LogP contribution in [0.25, 0.3) is 5.69 Å². The second-order valence-corrected chi connectivity index (χ2v) is 5.10. The number of hydrogen-bond donors (Lipinski definition) is 2. The number of aromatic nitrogens is 2. The molecule has 1 atom stereocenters. The van der Waals surface area contributed by atoms with Crippen LogP contribution in [0.3, 0.4) is 0 Å². The molecular formula is C15H19ClN4O. The summed E-state index contributed by atoms with van der Waals surface area (Å²) >= 11 is 0. The second-order valence-electron chi connectivity index (χ2n) is 5.10. The molecular weight excluding hydrogens is 288 g/mol. The highest BCUT2D eigenvalue weighted by Crippen LogP contribution is 2.21. The van der Waals surface area contributed by atoms with Gasteiger partial charge in [0.05, 0.1) is 23.0 Å². The van der Waals surface area contributed by atoms with E-state index in [1.54, 1.807) is 4.68 Å². The average molecular weight is 307 g/mol. The normalized spacial score (nSPS) is 17.3. The van der Waals surface area contributed by atoms with Gasteiger partial charge >= 0.3 is 0 Å². The topological polar surface area (TPSA) is 59.0 Å². The summed E-state index contributed by atoms with van der Waals surface area (Å²) < 4.78 is 1.79. The van der Waals surface area contributed by atoms with Crippen LogP contribution in [-0.2, 0) is 4.79 Å². The number of hydrogen-bond acceptors (Lipinski definition) is 3. The van der Waals surface area contributed by atoms with Crippen molar-refractivity contribution in [3.05, 3.63) is 42.2 Å². The van der Waals surface area contributed by atoms with Gasteiger partial charge in [0.1, 0.15) is 0 Å². The lowest BCUT2D eigenvalue weighted by Gasteiger charge is -2.13. The van der Waals surface area contributed by atoms with Gasteiger partial charge in [-0.15, -0.1) is 12.4 Å². The maximum absolute atomic E-state index is 12.2. The summed E-state index contributed by atoms with van der Waals surface area (Å²) in [7, 11) is 0. The summed E-state index contributed by atoms with van der Waals surface area (Å²) in [4.78, 5) is 12.2. The zero-order valence-corrected chi connectivity index (χ0v) is 12.7. The maximum Gasteiger partial charge on any atom is 0.228 e. The van der Waals surface area contributed by atoms with Gasteiger partial charge in [0.15, 0.2) is 0 Å². The maximum atomic E-state index is 12.2. The van der Waals surface area contributed by atoms with Gasteiger partial charge in [0, 0.05) is 12.7 Å². The Labute approximate surface area is 130 Å². The van der Waals surface area contributed by atoms with Gasteiger partial charge in [-0.1, -0.05) is 12.1 Å². The zero-order valence-electron chi connectivity index (χ0n) is 11.9. The molecule has 2 heterocycles. The lowest BCUT2D eigenvalue weighted by molar-refractivity contribution is -0.119. The fourth-order valence-electron chi connectivity index (χ4n) is 2.44. The highest BCUT2D eigenvalue weighted by Gasteiger charge is 2.23. The summed E-state index contributed by atoms with van der Waals surface area (Å²) in [5, 5.41) is 10.6. The predicted octanol–water partition coefficient (Wildman–Crippen LogP) is 2.15. The third kappa shape index (κ3) is 3.43. The van der Waals surface area contributed by atoms with E-state index in [0.29, 0.717) is 0 Å².